The number of fused-ring (bicyclic) bond motifs is 10. The Hall–Kier alpha value is -2.76. The van der Waals surface area contributed by atoms with Gasteiger partial charge in [-0.3, -0.25) is 19.2 Å². The number of Topliss-reactive ketones (excluding diaryl/α,β-unsaturated/α-hetero) is 2. The minimum absolute atomic E-state index is 0.0864. The van der Waals surface area contributed by atoms with Gasteiger partial charge in [0.25, 0.3) is 0 Å². The zero-order valence-electron chi connectivity index (χ0n) is 32.7. The first-order chi connectivity index (χ1) is 26.6. The van der Waals surface area contributed by atoms with Gasteiger partial charge in [0.15, 0.2) is 45.7 Å². The zero-order chi connectivity index (χ0) is 41.5. The van der Waals surface area contributed by atoms with Gasteiger partial charge in [-0.2, -0.15) is 0 Å². The van der Waals surface area contributed by atoms with Gasteiger partial charge in [-0.25, -0.2) is 8.78 Å². The van der Waals surface area contributed by atoms with Crippen LogP contribution in [-0.2, 0) is 28.5 Å². The number of ketones is 4. The highest BCUT2D eigenvalue weighted by atomic mass is 19.1. The third-order valence-corrected chi connectivity index (χ3v) is 17.3. The molecule has 0 aliphatic heterocycles. The summed E-state index contributed by atoms with van der Waals surface area (Å²) in [7, 11) is -0.726. The summed E-state index contributed by atoms with van der Waals surface area (Å²) < 4.78 is 47.9. The van der Waals surface area contributed by atoms with Gasteiger partial charge in [0, 0.05) is 33.5 Å². The Labute approximate surface area is 330 Å². The molecule has 16 atom stereocenters. The number of halogens is 2. The van der Waals surface area contributed by atoms with Crippen LogP contribution in [-0.4, -0.2) is 122 Å². The van der Waals surface area contributed by atoms with Crippen molar-refractivity contribution < 1.29 is 67.9 Å². The standard InChI is InChI=1S/C42H53BF2O12/c1-35-11-9-23(48)13-21(35)5-7-25-27-15-33(41(54,31(52)19-46)37(27,3)17-29(50)39(25,35)44)56-43-57-34-16-28-26-8-6-22-14-24(49)10-12-36(22,2)40(26,45)30(51)18-38(28,4)42(34,55)32(53)20-47/h9-14,25-30,33-34,43,46-47,50-51,54-55H,5-8,15-20H2,1-4H3/t25?,26?,27?,28?,29-,30-,33?,34?,35-,36-,37-,38-,39?,40?,41?,42?/m0/s1. The number of alkyl halides is 2. The van der Waals surface area contributed by atoms with Crippen LogP contribution < -0.4 is 0 Å². The maximum Gasteiger partial charge on any atom is 0.438 e. The third kappa shape index (κ3) is 4.77. The molecule has 0 aromatic carbocycles. The lowest BCUT2D eigenvalue weighted by Gasteiger charge is -2.62. The minimum Gasteiger partial charge on any atom is -0.408 e. The lowest BCUT2D eigenvalue weighted by atomic mass is 9.44. The van der Waals surface area contributed by atoms with E-state index in [1.165, 1.54) is 36.5 Å². The van der Waals surface area contributed by atoms with Crippen molar-refractivity contribution >= 4 is 30.8 Å². The second kappa shape index (κ2) is 12.9. The SMILES string of the molecule is C[C@]12C=CC(=O)C=C1CCC1C3CC(OBOC4CC5C6CCC7=CC(=O)C=C[C@]7(C)C6(F)[C@@H](O)C[C@]5(C)C4(O)C(=O)CO)C(O)(C(=O)CO)[C@@]3(C)C[C@H](O)C12F. The Morgan fingerprint density at radius 2 is 1.07 bits per heavy atom. The van der Waals surface area contributed by atoms with Gasteiger partial charge in [-0.1, -0.05) is 37.1 Å². The summed E-state index contributed by atoms with van der Waals surface area (Å²) in [4.78, 5) is 51.8. The van der Waals surface area contributed by atoms with Crippen molar-refractivity contribution in [2.75, 3.05) is 13.2 Å². The summed E-state index contributed by atoms with van der Waals surface area (Å²) >= 11 is 0. The number of aliphatic hydroxyl groups is 6. The van der Waals surface area contributed by atoms with Gasteiger partial charge in [-0.05, 0) is 101 Å². The number of carbonyl (C=O) groups is 4. The molecule has 0 aromatic heterocycles. The lowest BCUT2D eigenvalue weighted by molar-refractivity contribution is -0.223. The fraction of sp³-hybridized carbons (Fsp3) is 0.714. The predicted octanol–water partition coefficient (Wildman–Crippen LogP) is 1.57. The maximum atomic E-state index is 17.8. The Morgan fingerprint density at radius 3 is 1.42 bits per heavy atom. The maximum absolute atomic E-state index is 17.8. The molecule has 8 rings (SSSR count). The van der Waals surface area contributed by atoms with E-state index in [-0.39, 0.29) is 50.1 Å². The van der Waals surface area contributed by atoms with Crippen molar-refractivity contribution in [3.05, 3.63) is 47.6 Å². The highest BCUT2D eigenvalue weighted by Crippen LogP contribution is 2.72. The molecular formula is C42H53BF2O12. The molecule has 57 heavy (non-hydrogen) atoms. The first kappa shape index (κ1) is 41.0. The summed E-state index contributed by atoms with van der Waals surface area (Å²) in [5, 5.41) is 68.5. The van der Waals surface area contributed by atoms with Crippen molar-refractivity contribution in [3.8, 4) is 0 Å². The molecule has 6 saturated carbocycles. The average Bonchev–Trinajstić information content (AvgIpc) is 3.52. The van der Waals surface area contributed by atoms with Crippen LogP contribution in [0.5, 0.6) is 0 Å². The summed E-state index contributed by atoms with van der Waals surface area (Å²) in [5.74, 6) is -5.87. The number of allylic oxidation sites excluding steroid dienone is 8. The number of hydrogen-bond acceptors (Lipinski definition) is 12. The second-order valence-corrected chi connectivity index (χ2v) is 19.1. The lowest BCUT2D eigenvalue weighted by Crippen LogP contribution is -2.70. The van der Waals surface area contributed by atoms with Gasteiger partial charge in [0.05, 0.1) is 24.4 Å². The predicted molar refractivity (Wildman–Crippen MR) is 198 cm³/mol. The summed E-state index contributed by atoms with van der Waals surface area (Å²) in [5.41, 5.74) is -14.0. The Bertz CT molecular complexity index is 1800. The average molecular weight is 799 g/mol. The highest BCUT2D eigenvalue weighted by Gasteiger charge is 2.78. The van der Waals surface area contributed by atoms with Crippen molar-refractivity contribution in [1.82, 2.24) is 0 Å². The summed E-state index contributed by atoms with van der Waals surface area (Å²) in [6.07, 6.45) is 2.33. The number of rotatable bonds is 8. The largest absolute Gasteiger partial charge is 0.438 e. The van der Waals surface area contributed by atoms with E-state index >= 15 is 8.78 Å². The smallest absolute Gasteiger partial charge is 0.408 e. The Kier molecular flexibility index (Phi) is 9.26. The first-order valence-electron chi connectivity index (χ1n) is 20.2. The molecule has 310 valence electrons. The number of hydrogen-bond donors (Lipinski definition) is 6. The van der Waals surface area contributed by atoms with Crippen LogP contribution >= 0.6 is 0 Å². The van der Waals surface area contributed by atoms with Crippen LogP contribution in [0.25, 0.3) is 0 Å². The molecule has 0 spiro atoms. The van der Waals surface area contributed by atoms with Gasteiger partial charge in [0.1, 0.15) is 13.2 Å². The van der Waals surface area contributed by atoms with Crippen molar-refractivity contribution in [1.29, 1.82) is 0 Å². The highest BCUT2D eigenvalue weighted by molar-refractivity contribution is 6.18. The van der Waals surface area contributed by atoms with Crippen LogP contribution in [0.4, 0.5) is 8.78 Å². The first-order valence-corrected chi connectivity index (χ1v) is 20.2. The van der Waals surface area contributed by atoms with E-state index in [1.807, 2.05) is 0 Å². The summed E-state index contributed by atoms with van der Waals surface area (Å²) in [6, 6.07) is 0. The van der Waals surface area contributed by atoms with E-state index in [0.717, 1.165) is 0 Å². The van der Waals surface area contributed by atoms with Gasteiger partial charge >= 0.3 is 7.69 Å². The van der Waals surface area contributed by atoms with Crippen molar-refractivity contribution in [2.24, 2.45) is 45.3 Å². The Morgan fingerprint density at radius 1 is 0.702 bits per heavy atom. The molecule has 6 N–H and O–H groups in total. The van der Waals surface area contributed by atoms with E-state index in [2.05, 4.69) is 0 Å². The van der Waals surface area contributed by atoms with E-state index in [1.54, 1.807) is 27.7 Å². The van der Waals surface area contributed by atoms with E-state index in [4.69, 9.17) is 9.31 Å². The van der Waals surface area contributed by atoms with E-state index < -0.39 is 125 Å². The molecule has 8 aliphatic rings. The van der Waals surface area contributed by atoms with Crippen LogP contribution in [0.15, 0.2) is 47.6 Å². The van der Waals surface area contributed by atoms with Gasteiger partial charge < -0.3 is 39.9 Å². The van der Waals surface area contributed by atoms with E-state index in [0.29, 0.717) is 24.0 Å². The molecule has 10 unspecified atom stereocenters. The van der Waals surface area contributed by atoms with Gasteiger partial charge in [0.2, 0.25) is 0 Å². The molecule has 0 saturated heterocycles. The molecular weight excluding hydrogens is 745 g/mol. The van der Waals surface area contributed by atoms with Crippen molar-refractivity contribution in [2.45, 2.75) is 126 Å². The minimum atomic E-state index is -2.43. The Balaban J connectivity index is 1.09. The van der Waals surface area contributed by atoms with Crippen molar-refractivity contribution in [3.63, 3.8) is 0 Å². The normalized spacial score (nSPS) is 52.1. The molecule has 12 nitrogen and oxygen atoms in total. The number of aliphatic hydroxyl groups excluding tert-OH is 4. The second-order valence-electron chi connectivity index (χ2n) is 19.1. The molecule has 0 bridgehead atoms. The number of carbonyl (C=O) groups excluding carboxylic acids is 4. The molecule has 0 radical (unpaired) electrons. The fourth-order valence-electron chi connectivity index (χ4n) is 14.2. The zero-order valence-corrected chi connectivity index (χ0v) is 32.7. The topological polar surface area (TPSA) is 208 Å². The van der Waals surface area contributed by atoms with Gasteiger partial charge in [-0.15, -0.1) is 0 Å². The van der Waals surface area contributed by atoms with Crippen LogP contribution in [0.3, 0.4) is 0 Å². The van der Waals surface area contributed by atoms with E-state index in [9.17, 15) is 49.8 Å². The van der Waals surface area contributed by atoms with Crippen LogP contribution in [0, 0.1) is 45.3 Å². The quantitative estimate of drug-likeness (QED) is 0.194. The molecule has 6 fully saturated rings. The molecule has 15 heteroatoms. The molecule has 0 aromatic rings. The molecule has 0 amide bonds. The van der Waals surface area contributed by atoms with Crippen LogP contribution in [0.2, 0.25) is 0 Å². The molecule has 8 aliphatic carbocycles. The monoisotopic (exact) mass is 798 g/mol. The van der Waals surface area contributed by atoms with Crippen LogP contribution in [0.1, 0.15) is 79.1 Å². The third-order valence-electron chi connectivity index (χ3n) is 17.3. The fourth-order valence-corrected chi connectivity index (χ4v) is 14.2. The molecule has 0 heterocycles. The summed E-state index contributed by atoms with van der Waals surface area (Å²) in [6.45, 7) is 4.25.